The maximum absolute atomic E-state index is 13.5. The Balaban J connectivity index is 0.00000370. The molecule has 1 aromatic carbocycles. The van der Waals surface area contributed by atoms with E-state index in [1.54, 1.807) is 10.9 Å². The highest BCUT2D eigenvalue weighted by Gasteiger charge is 2.47. The van der Waals surface area contributed by atoms with E-state index in [1.165, 1.54) is 0 Å². The van der Waals surface area contributed by atoms with Gasteiger partial charge in [-0.3, -0.25) is 14.3 Å². The molecule has 0 spiro atoms. The van der Waals surface area contributed by atoms with E-state index >= 15 is 0 Å². The molecule has 3 heterocycles. The molecular weight excluding hydrogens is 530 g/mol. The van der Waals surface area contributed by atoms with Crippen molar-refractivity contribution in [1.29, 1.82) is 0 Å². The highest BCUT2D eigenvalue weighted by Crippen LogP contribution is 2.52. The third-order valence-electron chi connectivity index (χ3n) is 8.44. The third-order valence-corrected chi connectivity index (χ3v) is 8.44. The molecule has 40 heavy (non-hydrogen) atoms. The van der Waals surface area contributed by atoms with E-state index in [0.29, 0.717) is 28.7 Å². The van der Waals surface area contributed by atoms with Crippen LogP contribution < -0.4 is 20.3 Å². The molecule has 0 bridgehead atoms. The number of rotatable bonds is 6. The van der Waals surface area contributed by atoms with E-state index in [4.69, 9.17) is 9.47 Å². The van der Waals surface area contributed by atoms with Crippen LogP contribution in [-0.2, 0) is 13.6 Å². The van der Waals surface area contributed by atoms with Gasteiger partial charge in [-0.25, -0.2) is 0 Å². The van der Waals surface area contributed by atoms with Crippen molar-refractivity contribution in [2.75, 3.05) is 14.1 Å². The average Bonchev–Trinajstić information content (AvgIpc) is 3.47. The number of hydrogen-bond acceptors (Lipinski definition) is 6. The van der Waals surface area contributed by atoms with Gasteiger partial charge >= 0.3 is 0 Å². The van der Waals surface area contributed by atoms with Crippen LogP contribution in [0, 0.1) is 26.7 Å². The van der Waals surface area contributed by atoms with E-state index in [2.05, 4.69) is 34.4 Å². The smallest absolute Gasteiger partial charge is 0.253 e. The van der Waals surface area contributed by atoms with Gasteiger partial charge in [-0.1, -0.05) is 0 Å². The predicted molar refractivity (Wildman–Crippen MR) is 157 cm³/mol. The lowest BCUT2D eigenvalue weighted by Crippen LogP contribution is -2.46. The van der Waals surface area contributed by atoms with Crippen LogP contribution in [0.2, 0.25) is 0 Å². The summed E-state index contributed by atoms with van der Waals surface area (Å²) in [6.07, 6.45) is 7.87. The Labute approximate surface area is 241 Å². The number of H-pyrrole nitrogens is 1. The molecule has 1 saturated carbocycles. The fourth-order valence-corrected chi connectivity index (χ4v) is 6.04. The molecule has 1 amide bonds. The molecule has 10 heteroatoms. The van der Waals surface area contributed by atoms with E-state index in [1.807, 2.05) is 53.1 Å². The van der Waals surface area contributed by atoms with Crippen molar-refractivity contribution < 1.29 is 14.3 Å². The summed E-state index contributed by atoms with van der Waals surface area (Å²) in [5.74, 6) is 0.394. The highest BCUT2D eigenvalue weighted by molar-refractivity contribution is 5.99. The van der Waals surface area contributed by atoms with Gasteiger partial charge in [0.1, 0.15) is 0 Å². The van der Waals surface area contributed by atoms with Crippen LogP contribution in [0.3, 0.4) is 0 Å². The molecule has 3 aromatic rings. The van der Waals surface area contributed by atoms with Crippen molar-refractivity contribution >= 4 is 18.3 Å². The van der Waals surface area contributed by atoms with Gasteiger partial charge in [-0.15, -0.1) is 12.4 Å². The Morgan fingerprint density at radius 2 is 1.82 bits per heavy atom. The first kappa shape index (κ1) is 29.7. The Hall–Kier alpha value is -3.30. The normalized spacial score (nSPS) is 21.8. The lowest BCUT2D eigenvalue weighted by atomic mass is 9.81. The zero-order chi connectivity index (χ0) is 28.1. The molecule has 2 N–H and O–H groups in total. The predicted octanol–water partition coefficient (Wildman–Crippen LogP) is 4.66. The minimum absolute atomic E-state index is 0. The molecule has 1 aliphatic heterocycles. The van der Waals surface area contributed by atoms with Gasteiger partial charge < -0.3 is 24.7 Å². The number of aromatic amines is 1. The van der Waals surface area contributed by atoms with Crippen LogP contribution in [0.4, 0.5) is 0 Å². The summed E-state index contributed by atoms with van der Waals surface area (Å²) >= 11 is 0. The van der Waals surface area contributed by atoms with Crippen molar-refractivity contribution in [2.45, 2.75) is 71.8 Å². The summed E-state index contributed by atoms with van der Waals surface area (Å²) in [5.41, 5.74) is 4.80. The minimum atomic E-state index is -0.817. The molecule has 1 aliphatic carbocycles. The number of carbonyl (C=O) groups excluding carboxylic acids is 1. The van der Waals surface area contributed by atoms with E-state index in [9.17, 15) is 9.59 Å². The summed E-state index contributed by atoms with van der Waals surface area (Å²) in [6.45, 7) is 7.76. The molecule has 9 nitrogen and oxygen atoms in total. The molecule has 1 unspecified atom stereocenters. The molecule has 216 valence electrons. The largest absolute Gasteiger partial charge is 0.448 e. The molecule has 5 rings (SSSR count). The topological polar surface area (TPSA) is 101 Å². The summed E-state index contributed by atoms with van der Waals surface area (Å²) in [4.78, 5) is 31.1. The maximum Gasteiger partial charge on any atom is 0.253 e. The number of aryl methyl sites for hydroxylation is 3. The van der Waals surface area contributed by atoms with E-state index in [-0.39, 0.29) is 36.3 Å². The lowest BCUT2D eigenvalue weighted by Gasteiger charge is -2.39. The van der Waals surface area contributed by atoms with Crippen LogP contribution in [0.5, 0.6) is 11.5 Å². The summed E-state index contributed by atoms with van der Waals surface area (Å²) in [5, 5.41) is 7.30. The number of fused-ring (bicyclic) bond motifs is 1. The first-order chi connectivity index (χ1) is 18.5. The lowest BCUT2D eigenvalue weighted by molar-refractivity contribution is -0.123. The number of amides is 1. The quantitative estimate of drug-likeness (QED) is 0.448. The summed E-state index contributed by atoms with van der Waals surface area (Å²) in [7, 11) is 6.13. The Morgan fingerprint density at radius 3 is 2.42 bits per heavy atom. The standard InChI is InChI=1S/C30H39N5O4.ClH/c1-17-12-18(2)33-29(37)25(17)15-31-28(36)23-13-24(20-14-32-35(7)16-20)27-26(19(23)3)38-30(4,39-27)21-8-10-22(11-9-21)34(5)6;/h12-14,16,21-22H,8-11,15H2,1-7H3,(H,31,36)(H,33,37);1H. The highest BCUT2D eigenvalue weighted by atomic mass is 35.5. The monoisotopic (exact) mass is 569 g/mol. The van der Waals surface area contributed by atoms with Crippen LogP contribution in [0.25, 0.3) is 11.1 Å². The van der Waals surface area contributed by atoms with E-state index in [0.717, 1.165) is 53.6 Å². The second-order valence-electron chi connectivity index (χ2n) is 11.5. The number of nitrogens with zero attached hydrogens (tertiary/aromatic N) is 3. The second-order valence-corrected chi connectivity index (χ2v) is 11.5. The van der Waals surface area contributed by atoms with Crippen molar-refractivity contribution in [3.8, 4) is 22.6 Å². The molecule has 0 radical (unpaired) electrons. The number of nitrogens with one attached hydrogen (secondary N) is 2. The fraction of sp³-hybridized carbons (Fsp3) is 0.500. The SMILES string of the molecule is Cc1cc(C)c(CNC(=O)c2cc(-c3cnn(C)c3)c3c(c2C)OC(C)(C2CCC(N(C)C)CC2)O3)c(=O)[nH]1.Cl. The first-order valence-electron chi connectivity index (χ1n) is 13.7. The van der Waals surface area contributed by atoms with Crippen molar-refractivity contribution in [1.82, 2.24) is 25.0 Å². The number of carbonyl (C=O) groups is 1. The number of hydrogen-bond donors (Lipinski definition) is 2. The third kappa shape index (κ3) is 5.49. The number of aromatic nitrogens is 3. The summed E-state index contributed by atoms with van der Waals surface area (Å²) in [6, 6.07) is 4.33. The zero-order valence-electron chi connectivity index (χ0n) is 24.4. The zero-order valence-corrected chi connectivity index (χ0v) is 25.2. The van der Waals surface area contributed by atoms with Gasteiger partial charge in [0.15, 0.2) is 11.5 Å². The summed E-state index contributed by atoms with van der Waals surface area (Å²) < 4.78 is 15.0. The minimum Gasteiger partial charge on any atom is -0.448 e. The fourth-order valence-electron chi connectivity index (χ4n) is 6.04. The van der Waals surface area contributed by atoms with Crippen molar-refractivity contribution in [2.24, 2.45) is 13.0 Å². The molecule has 1 fully saturated rings. The van der Waals surface area contributed by atoms with Gasteiger partial charge in [0, 0.05) is 72.2 Å². The van der Waals surface area contributed by atoms with E-state index < -0.39 is 5.79 Å². The molecule has 2 aromatic heterocycles. The number of benzene rings is 1. The first-order valence-corrected chi connectivity index (χ1v) is 13.7. The van der Waals surface area contributed by atoms with Crippen molar-refractivity contribution in [3.05, 3.63) is 62.8 Å². The number of pyridine rings is 1. The van der Waals surface area contributed by atoms with Gasteiger partial charge in [0.25, 0.3) is 17.3 Å². The van der Waals surface area contributed by atoms with Crippen LogP contribution >= 0.6 is 12.4 Å². The molecule has 1 atom stereocenters. The van der Waals surface area contributed by atoms with Gasteiger partial charge in [0.2, 0.25) is 0 Å². The Morgan fingerprint density at radius 1 is 1.15 bits per heavy atom. The van der Waals surface area contributed by atoms with Crippen LogP contribution in [-0.4, -0.2) is 51.5 Å². The average molecular weight is 570 g/mol. The maximum atomic E-state index is 13.5. The number of ether oxygens (including phenoxy) is 2. The van der Waals surface area contributed by atoms with Crippen LogP contribution in [0.15, 0.2) is 29.3 Å². The molecule has 0 saturated heterocycles. The second kappa shape index (κ2) is 11.3. The van der Waals surface area contributed by atoms with Gasteiger partial charge in [0.05, 0.1) is 6.20 Å². The van der Waals surface area contributed by atoms with Crippen LogP contribution in [0.1, 0.15) is 65.3 Å². The Kier molecular flexibility index (Phi) is 8.38. The molecule has 2 aliphatic rings. The van der Waals surface area contributed by atoms with Gasteiger partial charge in [-0.2, -0.15) is 5.10 Å². The Bertz CT molecular complexity index is 1470. The van der Waals surface area contributed by atoms with Crippen molar-refractivity contribution in [3.63, 3.8) is 0 Å². The molecular formula is C30H40ClN5O4. The van der Waals surface area contributed by atoms with Gasteiger partial charge in [-0.05, 0) is 78.2 Å². The number of halogens is 1.